The number of carbonyl (C=O) groups is 3. The molecule has 3 amide bonds. The van der Waals surface area contributed by atoms with Crippen molar-refractivity contribution in [1.29, 1.82) is 0 Å². The van der Waals surface area contributed by atoms with E-state index in [1.165, 1.54) is 10.5 Å². The van der Waals surface area contributed by atoms with E-state index in [4.69, 9.17) is 9.47 Å². The highest BCUT2D eigenvalue weighted by atomic mass is 16.5. The van der Waals surface area contributed by atoms with Crippen LogP contribution in [0.1, 0.15) is 49.1 Å². The van der Waals surface area contributed by atoms with Gasteiger partial charge in [0.1, 0.15) is 5.75 Å². The number of hydrogen-bond donors (Lipinski definition) is 0. The van der Waals surface area contributed by atoms with E-state index in [2.05, 4.69) is 12.1 Å². The van der Waals surface area contributed by atoms with E-state index >= 15 is 0 Å². The SMILES string of the molecule is COCCCN1C(=O)C[C@](CC(=O)N2CCC[C@H](c3ccccc3)C2)(c2ccccc2OC)C1=O. The number of para-hydroxylation sites is 1. The molecule has 7 nitrogen and oxygen atoms in total. The fraction of sp³-hybridized carbons (Fsp3) is 0.464. The zero-order chi connectivity index (χ0) is 24.8. The van der Waals surface area contributed by atoms with Crippen molar-refractivity contribution < 1.29 is 23.9 Å². The molecular formula is C28H34N2O5. The quantitative estimate of drug-likeness (QED) is 0.407. The summed E-state index contributed by atoms with van der Waals surface area (Å²) in [5, 5.41) is 0. The second-order valence-corrected chi connectivity index (χ2v) is 9.42. The van der Waals surface area contributed by atoms with Crippen molar-refractivity contribution >= 4 is 17.7 Å². The van der Waals surface area contributed by atoms with Crippen LogP contribution in [0.4, 0.5) is 0 Å². The Morgan fingerprint density at radius 3 is 2.54 bits per heavy atom. The van der Waals surface area contributed by atoms with Gasteiger partial charge in [0.25, 0.3) is 0 Å². The zero-order valence-corrected chi connectivity index (χ0v) is 20.6. The molecule has 0 aliphatic carbocycles. The molecule has 0 radical (unpaired) electrons. The van der Waals surface area contributed by atoms with Crippen molar-refractivity contribution in [2.75, 3.05) is 40.5 Å². The normalized spacial score (nSPS) is 22.5. The number of rotatable bonds is 9. The van der Waals surface area contributed by atoms with Crippen molar-refractivity contribution in [3.8, 4) is 5.75 Å². The van der Waals surface area contributed by atoms with Crippen LogP contribution in [0.5, 0.6) is 5.75 Å². The lowest BCUT2D eigenvalue weighted by Crippen LogP contribution is -2.46. The first kappa shape index (κ1) is 24.9. The van der Waals surface area contributed by atoms with E-state index in [1.807, 2.05) is 35.2 Å². The van der Waals surface area contributed by atoms with Crippen LogP contribution < -0.4 is 4.74 Å². The van der Waals surface area contributed by atoms with Crippen LogP contribution in [-0.2, 0) is 24.5 Å². The van der Waals surface area contributed by atoms with Gasteiger partial charge in [-0.25, -0.2) is 0 Å². The van der Waals surface area contributed by atoms with Gasteiger partial charge >= 0.3 is 0 Å². The Kier molecular flexibility index (Phi) is 7.86. The molecule has 2 atom stereocenters. The summed E-state index contributed by atoms with van der Waals surface area (Å²) in [6, 6.07) is 17.5. The molecule has 2 fully saturated rings. The lowest BCUT2D eigenvalue weighted by Gasteiger charge is -2.36. The molecule has 2 heterocycles. The molecule has 2 aliphatic heterocycles. The van der Waals surface area contributed by atoms with Crippen LogP contribution in [-0.4, -0.2) is 68.0 Å². The van der Waals surface area contributed by atoms with Gasteiger partial charge in [-0.3, -0.25) is 19.3 Å². The van der Waals surface area contributed by atoms with Crippen molar-refractivity contribution in [2.45, 2.75) is 43.4 Å². The van der Waals surface area contributed by atoms with Gasteiger partial charge in [-0.15, -0.1) is 0 Å². The van der Waals surface area contributed by atoms with Gasteiger partial charge in [-0.05, 0) is 30.9 Å². The highest BCUT2D eigenvalue weighted by molar-refractivity contribution is 6.11. The Hall–Kier alpha value is -3.19. The minimum Gasteiger partial charge on any atom is -0.496 e. The minimum absolute atomic E-state index is 0.0408. The van der Waals surface area contributed by atoms with Crippen LogP contribution in [0.3, 0.4) is 0 Å². The molecule has 35 heavy (non-hydrogen) atoms. The molecule has 7 heteroatoms. The Morgan fingerprint density at radius 2 is 1.80 bits per heavy atom. The molecular weight excluding hydrogens is 444 g/mol. The molecule has 0 N–H and O–H groups in total. The number of amides is 3. The van der Waals surface area contributed by atoms with Crippen LogP contribution in [0.15, 0.2) is 54.6 Å². The van der Waals surface area contributed by atoms with Gasteiger partial charge in [0.15, 0.2) is 0 Å². The second kappa shape index (κ2) is 11.0. The monoisotopic (exact) mass is 478 g/mol. The van der Waals surface area contributed by atoms with Crippen LogP contribution in [0.2, 0.25) is 0 Å². The first-order valence-corrected chi connectivity index (χ1v) is 12.3. The van der Waals surface area contributed by atoms with Gasteiger partial charge in [0, 0.05) is 57.7 Å². The Labute approximate surface area is 207 Å². The first-order valence-electron chi connectivity index (χ1n) is 12.3. The van der Waals surface area contributed by atoms with Crippen molar-refractivity contribution in [2.24, 2.45) is 0 Å². The molecule has 0 unspecified atom stereocenters. The fourth-order valence-electron chi connectivity index (χ4n) is 5.45. The number of benzene rings is 2. The number of ether oxygens (including phenoxy) is 2. The van der Waals surface area contributed by atoms with E-state index in [0.29, 0.717) is 37.4 Å². The zero-order valence-electron chi connectivity index (χ0n) is 20.6. The standard InChI is InChI=1S/C28H34N2O5/c1-34-17-9-16-30-26(32)19-28(27(30)33,23-13-6-7-14-24(23)35-2)18-25(31)29-15-8-12-22(20-29)21-10-4-3-5-11-21/h3-7,10-11,13-14,22H,8-9,12,15-20H2,1-2H3/t22-,28+/m0/s1. The molecule has 0 aromatic heterocycles. The number of imide groups is 1. The van der Waals surface area contributed by atoms with Crippen molar-refractivity contribution in [3.63, 3.8) is 0 Å². The average Bonchev–Trinajstić information content (AvgIpc) is 3.14. The van der Waals surface area contributed by atoms with Gasteiger partial charge < -0.3 is 14.4 Å². The highest BCUT2D eigenvalue weighted by Gasteiger charge is 2.55. The lowest BCUT2D eigenvalue weighted by molar-refractivity contribution is -0.143. The van der Waals surface area contributed by atoms with Crippen LogP contribution in [0, 0.1) is 0 Å². The molecule has 2 aliphatic rings. The van der Waals surface area contributed by atoms with Crippen molar-refractivity contribution in [3.05, 3.63) is 65.7 Å². The summed E-state index contributed by atoms with van der Waals surface area (Å²) >= 11 is 0. The van der Waals surface area contributed by atoms with E-state index < -0.39 is 5.41 Å². The number of nitrogens with zero attached hydrogens (tertiary/aromatic N) is 2. The second-order valence-electron chi connectivity index (χ2n) is 9.42. The maximum absolute atomic E-state index is 13.8. The van der Waals surface area contributed by atoms with Gasteiger partial charge in [-0.1, -0.05) is 48.5 Å². The van der Waals surface area contributed by atoms with E-state index in [1.54, 1.807) is 26.4 Å². The van der Waals surface area contributed by atoms with Gasteiger partial charge in [0.05, 0.1) is 12.5 Å². The largest absolute Gasteiger partial charge is 0.496 e. The fourth-order valence-corrected chi connectivity index (χ4v) is 5.45. The molecule has 186 valence electrons. The molecule has 4 rings (SSSR count). The van der Waals surface area contributed by atoms with E-state index in [-0.39, 0.29) is 43.0 Å². The molecule has 0 saturated carbocycles. The summed E-state index contributed by atoms with van der Waals surface area (Å²) in [7, 11) is 3.13. The summed E-state index contributed by atoms with van der Waals surface area (Å²) in [5.74, 6) is 0.0960. The Morgan fingerprint density at radius 1 is 1.06 bits per heavy atom. The third kappa shape index (κ3) is 5.10. The summed E-state index contributed by atoms with van der Waals surface area (Å²) in [6.07, 6.45) is 2.38. The summed E-state index contributed by atoms with van der Waals surface area (Å²) in [5.41, 5.74) is 0.550. The van der Waals surface area contributed by atoms with E-state index in [9.17, 15) is 14.4 Å². The van der Waals surface area contributed by atoms with E-state index in [0.717, 1.165) is 12.8 Å². The molecule has 0 bridgehead atoms. The van der Waals surface area contributed by atoms with Crippen LogP contribution >= 0.6 is 0 Å². The third-order valence-corrected chi connectivity index (χ3v) is 7.26. The third-order valence-electron chi connectivity index (χ3n) is 7.26. The maximum atomic E-state index is 13.8. The number of piperidine rings is 1. The number of carbonyl (C=O) groups excluding carboxylic acids is 3. The Bertz CT molecular complexity index is 1060. The summed E-state index contributed by atoms with van der Waals surface area (Å²) < 4.78 is 10.7. The van der Waals surface area contributed by atoms with Crippen molar-refractivity contribution in [1.82, 2.24) is 9.80 Å². The van der Waals surface area contributed by atoms with Crippen LogP contribution in [0.25, 0.3) is 0 Å². The molecule has 2 aromatic carbocycles. The Balaban J connectivity index is 1.62. The number of methoxy groups -OCH3 is 2. The number of likely N-dealkylation sites (tertiary alicyclic amines) is 2. The molecule has 2 aromatic rings. The minimum atomic E-state index is -1.27. The topological polar surface area (TPSA) is 76.2 Å². The molecule has 2 saturated heterocycles. The smallest absolute Gasteiger partial charge is 0.241 e. The predicted octanol–water partition coefficient (Wildman–Crippen LogP) is 3.52. The summed E-state index contributed by atoms with van der Waals surface area (Å²) in [4.78, 5) is 43.8. The molecule has 0 spiro atoms. The highest BCUT2D eigenvalue weighted by Crippen LogP contribution is 2.44. The first-order chi connectivity index (χ1) is 17.0. The lowest BCUT2D eigenvalue weighted by atomic mass is 9.75. The summed E-state index contributed by atoms with van der Waals surface area (Å²) in [6.45, 7) is 2.00. The predicted molar refractivity (Wildman–Crippen MR) is 132 cm³/mol. The number of hydrogen-bond acceptors (Lipinski definition) is 5. The van der Waals surface area contributed by atoms with Gasteiger partial charge in [-0.2, -0.15) is 0 Å². The maximum Gasteiger partial charge on any atom is 0.241 e. The van der Waals surface area contributed by atoms with Gasteiger partial charge in [0.2, 0.25) is 17.7 Å². The average molecular weight is 479 g/mol.